The lowest BCUT2D eigenvalue weighted by atomic mass is 10.0. The number of carbonyl (C=O) groups is 1. The molecule has 1 saturated carbocycles. The molecule has 1 aliphatic rings. The molecule has 0 amide bonds. The van der Waals surface area contributed by atoms with Crippen LogP contribution in [0.5, 0.6) is 0 Å². The first-order valence-corrected chi connectivity index (χ1v) is 5.63. The highest BCUT2D eigenvalue weighted by Crippen LogP contribution is 2.63. The van der Waals surface area contributed by atoms with E-state index in [1.165, 1.54) is 13.8 Å². The van der Waals surface area contributed by atoms with Crippen molar-refractivity contribution in [2.75, 3.05) is 0 Å². The highest BCUT2D eigenvalue weighted by molar-refractivity contribution is 6.38. The molecule has 0 aromatic rings. The molecule has 2 atom stereocenters. The number of hydrogen-bond donors (Lipinski definition) is 0. The minimum absolute atomic E-state index is 1.12. The fourth-order valence-corrected chi connectivity index (χ4v) is 2.50. The summed E-state index contributed by atoms with van der Waals surface area (Å²) >= 11 is 9.75. The van der Waals surface area contributed by atoms with Gasteiger partial charge in [-0.1, -0.05) is 25.4 Å². The monoisotopic (exact) mass is 307 g/mol. The zero-order valence-electron chi connectivity index (χ0n) is 9.32. The zero-order chi connectivity index (χ0) is 14.5. The topological polar surface area (TPSA) is 40.1 Å². The molecule has 1 fully saturated rings. The Bertz CT molecular complexity index is 401. The Morgan fingerprint density at radius 3 is 2.00 bits per heavy atom. The third kappa shape index (κ3) is 2.59. The first kappa shape index (κ1) is 15.6. The van der Waals surface area contributed by atoms with Crippen LogP contribution in [0.2, 0.25) is 0 Å². The van der Waals surface area contributed by atoms with E-state index in [0.717, 1.165) is 0 Å². The molecule has 8 heteroatoms. The number of carboxylic acid groups (broad SMARTS) is 1. The Labute approximate surface area is 111 Å². The van der Waals surface area contributed by atoms with Crippen LogP contribution in [0.4, 0.5) is 17.6 Å². The van der Waals surface area contributed by atoms with Gasteiger partial charge >= 0.3 is 5.38 Å². The fraction of sp³-hybridized carbons (Fsp3) is 0.700. The molecule has 104 valence electrons. The number of halogens is 6. The number of aliphatic carboxylic acids is 1. The van der Waals surface area contributed by atoms with E-state index in [2.05, 4.69) is 11.6 Å². The van der Waals surface area contributed by atoms with Crippen LogP contribution in [0.25, 0.3) is 0 Å². The lowest BCUT2D eigenvalue weighted by molar-refractivity contribution is -0.309. The molecule has 18 heavy (non-hydrogen) atoms. The minimum atomic E-state index is -4.15. The fourth-order valence-electron chi connectivity index (χ4n) is 2.19. The van der Waals surface area contributed by atoms with Crippen molar-refractivity contribution in [3.05, 3.63) is 10.6 Å². The van der Waals surface area contributed by atoms with Gasteiger partial charge in [-0.05, 0) is 17.0 Å². The second-order valence-electron chi connectivity index (χ2n) is 4.66. The molecule has 1 rings (SSSR count). The summed E-state index contributed by atoms with van der Waals surface area (Å²) in [6.45, 7) is 2.72. The van der Waals surface area contributed by atoms with Crippen LogP contribution in [0.1, 0.15) is 13.8 Å². The maximum absolute atomic E-state index is 12.8. The standard InChI is InChI=1S/C10H10Cl2F4O2/c1-9(2)4(5(9)8(17)18)3(7(13)14)6(11)10(12,15)16/h4-5,7H,1-2H3,(H,17,18)/p-1/t4-,5+/m0/s1. The minimum Gasteiger partial charge on any atom is -0.550 e. The predicted octanol–water partition coefficient (Wildman–Crippen LogP) is 2.60. The van der Waals surface area contributed by atoms with Crippen LogP contribution in [0.15, 0.2) is 10.6 Å². The van der Waals surface area contributed by atoms with Gasteiger partial charge in [-0.3, -0.25) is 0 Å². The summed E-state index contributed by atoms with van der Waals surface area (Å²) in [6, 6.07) is 0. The summed E-state index contributed by atoms with van der Waals surface area (Å²) in [5, 5.41) is 5.08. The van der Waals surface area contributed by atoms with Crippen LogP contribution in [-0.2, 0) is 4.79 Å². The second-order valence-corrected chi connectivity index (χ2v) is 5.52. The number of allylic oxidation sites excluding steroid dienone is 2. The van der Waals surface area contributed by atoms with Crippen molar-refractivity contribution in [1.29, 1.82) is 0 Å². The SMILES string of the molecule is CC1(C)[C@@H](C(=O)[O-])[C@@H]1C(=C(Cl)C(F)(F)Cl)C(F)F. The van der Waals surface area contributed by atoms with Crippen molar-refractivity contribution >= 4 is 29.2 Å². The highest BCUT2D eigenvalue weighted by Gasteiger charge is 2.62. The summed E-state index contributed by atoms with van der Waals surface area (Å²) in [5.41, 5.74) is -2.25. The second kappa shape index (κ2) is 4.56. The van der Waals surface area contributed by atoms with Gasteiger partial charge in [-0.15, -0.1) is 0 Å². The third-order valence-corrected chi connectivity index (χ3v) is 3.90. The average molecular weight is 308 g/mol. The van der Waals surface area contributed by atoms with Gasteiger partial charge in [0.25, 0.3) is 6.43 Å². The van der Waals surface area contributed by atoms with E-state index >= 15 is 0 Å². The number of alkyl halides is 5. The zero-order valence-corrected chi connectivity index (χ0v) is 10.8. The summed E-state index contributed by atoms with van der Waals surface area (Å²) in [6.07, 6.45) is -3.31. The van der Waals surface area contributed by atoms with Crippen molar-refractivity contribution in [3.63, 3.8) is 0 Å². The van der Waals surface area contributed by atoms with Crippen molar-refractivity contribution in [2.45, 2.75) is 25.7 Å². The van der Waals surface area contributed by atoms with Crippen LogP contribution >= 0.6 is 23.2 Å². The van der Waals surface area contributed by atoms with Gasteiger partial charge in [-0.25, -0.2) is 8.78 Å². The van der Waals surface area contributed by atoms with Crippen LogP contribution in [-0.4, -0.2) is 17.8 Å². The average Bonchev–Trinajstić information content (AvgIpc) is 2.67. The smallest absolute Gasteiger partial charge is 0.358 e. The van der Waals surface area contributed by atoms with Crippen LogP contribution < -0.4 is 5.11 Å². The quantitative estimate of drug-likeness (QED) is 0.591. The van der Waals surface area contributed by atoms with Crippen LogP contribution in [0.3, 0.4) is 0 Å². The Kier molecular flexibility index (Phi) is 3.94. The number of carboxylic acids is 1. The number of hydrogen-bond acceptors (Lipinski definition) is 2. The van der Waals surface area contributed by atoms with Crippen molar-refractivity contribution in [1.82, 2.24) is 0 Å². The van der Waals surface area contributed by atoms with Gasteiger partial charge in [0.2, 0.25) is 0 Å². The van der Waals surface area contributed by atoms with E-state index < -0.39 is 45.6 Å². The summed E-state index contributed by atoms with van der Waals surface area (Å²) in [7, 11) is 0. The molecular weight excluding hydrogens is 299 g/mol. The molecular formula is C10H9Cl2F4O2-. The molecule has 0 spiro atoms. The maximum atomic E-state index is 12.8. The van der Waals surface area contributed by atoms with Crippen molar-refractivity contribution in [3.8, 4) is 0 Å². The van der Waals surface area contributed by atoms with Crippen LogP contribution in [0, 0.1) is 17.3 Å². The summed E-state index contributed by atoms with van der Waals surface area (Å²) in [5.74, 6) is -4.17. The Hall–Kier alpha value is -0.490. The van der Waals surface area contributed by atoms with Gasteiger partial charge in [-0.2, -0.15) is 8.78 Å². The first-order chi connectivity index (χ1) is 7.92. The van der Waals surface area contributed by atoms with E-state index in [0.29, 0.717) is 0 Å². The Morgan fingerprint density at radius 2 is 1.78 bits per heavy atom. The Balaban J connectivity index is 3.23. The van der Waals surface area contributed by atoms with E-state index in [9.17, 15) is 27.5 Å². The normalized spacial score (nSPS) is 28.1. The highest BCUT2D eigenvalue weighted by atomic mass is 35.5. The first-order valence-electron chi connectivity index (χ1n) is 4.88. The van der Waals surface area contributed by atoms with Gasteiger partial charge in [0.15, 0.2) is 0 Å². The molecule has 0 aromatic carbocycles. The van der Waals surface area contributed by atoms with Gasteiger partial charge in [0, 0.05) is 23.4 Å². The molecule has 2 nitrogen and oxygen atoms in total. The van der Waals surface area contributed by atoms with Gasteiger partial charge in [0.05, 0.1) is 0 Å². The molecule has 1 aliphatic carbocycles. The van der Waals surface area contributed by atoms with E-state index in [-0.39, 0.29) is 0 Å². The van der Waals surface area contributed by atoms with Crippen molar-refractivity contribution in [2.24, 2.45) is 17.3 Å². The molecule has 0 radical (unpaired) electrons. The lowest BCUT2D eigenvalue weighted by Crippen LogP contribution is -2.27. The molecule has 0 N–H and O–H groups in total. The number of carbonyl (C=O) groups excluding carboxylic acids is 1. The molecule has 0 aliphatic heterocycles. The Morgan fingerprint density at radius 1 is 1.33 bits per heavy atom. The summed E-state index contributed by atoms with van der Waals surface area (Å²) < 4.78 is 51.2. The van der Waals surface area contributed by atoms with Gasteiger partial charge in [0.1, 0.15) is 5.03 Å². The lowest BCUT2D eigenvalue weighted by Gasteiger charge is -2.14. The van der Waals surface area contributed by atoms with Gasteiger partial charge < -0.3 is 9.90 Å². The molecule has 0 bridgehead atoms. The molecule has 0 saturated heterocycles. The van der Waals surface area contributed by atoms with E-state index in [1.807, 2.05) is 0 Å². The molecule has 0 unspecified atom stereocenters. The largest absolute Gasteiger partial charge is 0.550 e. The number of rotatable bonds is 4. The maximum Gasteiger partial charge on any atom is 0.358 e. The van der Waals surface area contributed by atoms with E-state index in [1.54, 1.807) is 0 Å². The summed E-state index contributed by atoms with van der Waals surface area (Å²) in [4.78, 5) is 10.7. The van der Waals surface area contributed by atoms with Crippen molar-refractivity contribution < 1.29 is 27.5 Å². The van der Waals surface area contributed by atoms with E-state index in [4.69, 9.17) is 11.6 Å². The third-order valence-electron chi connectivity index (χ3n) is 3.15. The molecule has 0 aromatic heterocycles. The predicted molar refractivity (Wildman–Crippen MR) is 55.5 cm³/mol. The molecule has 0 heterocycles.